The first-order valence-corrected chi connectivity index (χ1v) is 16.4. The molecule has 2 aromatic carbocycles. The summed E-state index contributed by atoms with van der Waals surface area (Å²) >= 11 is 0. The van der Waals surface area contributed by atoms with Crippen molar-refractivity contribution in [3.05, 3.63) is 65.9 Å². The number of carbonyl (C=O) groups excluding carboxylic acids is 3. The molecule has 0 spiro atoms. The molecule has 44 heavy (non-hydrogen) atoms. The van der Waals surface area contributed by atoms with E-state index in [1.54, 1.807) is 43.5 Å². The molecular formula is C32H41FN4O6S. The second kappa shape index (κ2) is 13.9. The van der Waals surface area contributed by atoms with Crippen molar-refractivity contribution in [2.24, 2.45) is 0 Å². The molecule has 2 N–H and O–H groups in total. The zero-order valence-corrected chi connectivity index (χ0v) is 26.5. The third kappa shape index (κ3) is 8.88. The maximum Gasteiger partial charge on any atom is 0.247 e. The number of ether oxygens (including phenoxy) is 1. The van der Waals surface area contributed by atoms with Crippen LogP contribution in [0.1, 0.15) is 62.9 Å². The number of fused-ring (bicyclic) bond motifs is 1. The lowest BCUT2D eigenvalue weighted by Gasteiger charge is -2.24. The lowest BCUT2D eigenvalue weighted by atomic mass is 10.1. The molecule has 1 fully saturated rings. The zero-order chi connectivity index (χ0) is 32.1. The second-order valence-electron chi connectivity index (χ2n) is 12.3. The van der Waals surface area contributed by atoms with E-state index in [4.69, 9.17) is 4.74 Å². The van der Waals surface area contributed by atoms with E-state index in [1.807, 2.05) is 18.2 Å². The summed E-state index contributed by atoms with van der Waals surface area (Å²) in [5.74, 6) is -1.45. The Bertz CT molecular complexity index is 1600. The van der Waals surface area contributed by atoms with E-state index in [2.05, 4.69) is 22.2 Å². The van der Waals surface area contributed by atoms with Crippen LogP contribution in [0.15, 0.2) is 54.7 Å². The number of ketones is 1. The SMILES string of the molecule is CC(=O)c1cn(CC(=O)N2C[C@H](F)C[C@H]2C(=O)NCCCCc2ccccc2)c2ccc(OCS(=O)(=O)NC(C)(C)C)cc12. The molecule has 2 heterocycles. The van der Waals surface area contributed by atoms with Crippen LogP contribution in [0.2, 0.25) is 0 Å². The number of amides is 2. The first kappa shape index (κ1) is 33.1. The van der Waals surface area contributed by atoms with Gasteiger partial charge in [0.25, 0.3) is 0 Å². The van der Waals surface area contributed by atoms with Gasteiger partial charge in [0.1, 0.15) is 24.5 Å². The fourth-order valence-corrected chi connectivity index (χ4v) is 6.68. The molecule has 0 saturated carbocycles. The molecular weight excluding hydrogens is 587 g/mol. The van der Waals surface area contributed by atoms with Crippen molar-refractivity contribution >= 4 is 38.5 Å². The summed E-state index contributed by atoms with van der Waals surface area (Å²) in [6.07, 6.45) is 2.70. The van der Waals surface area contributed by atoms with E-state index in [0.29, 0.717) is 23.0 Å². The molecule has 0 radical (unpaired) electrons. The van der Waals surface area contributed by atoms with E-state index < -0.39 is 39.6 Å². The van der Waals surface area contributed by atoms with Gasteiger partial charge in [-0.25, -0.2) is 17.5 Å². The number of nitrogens with zero attached hydrogens (tertiary/aromatic N) is 2. The van der Waals surface area contributed by atoms with Crippen LogP contribution in [0.4, 0.5) is 4.39 Å². The molecule has 12 heteroatoms. The average Bonchev–Trinajstić information content (AvgIpc) is 3.51. The molecule has 238 valence electrons. The Kier molecular flexibility index (Phi) is 10.5. The predicted molar refractivity (Wildman–Crippen MR) is 167 cm³/mol. The minimum atomic E-state index is -3.73. The summed E-state index contributed by atoms with van der Waals surface area (Å²) in [6.45, 7) is 6.60. The van der Waals surface area contributed by atoms with Crippen molar-refractivity contribution in [2.45, 2.75) is 77.7 Å². The Morgan fingerprint density at radius 1 is 1.07 bits per heavy atom. The number of nitrogens with one attached hydrogen (secondary N) is 2. The molecule has 1 saturated heterocycles. The summed E-state index contributed by atoms with van der Waals surface area (Å²) in [5, 5.41) is 3.34. The van der Waals surface area contributed by atoms with Gasteiger partial charge in [0.2, 0.25) is 27.8 Å². The molecule has 2 atom stereocenters. The van der Waals surface area contributed by atoms with Crippen LogP contribution in [0, 0.1) is 0 Å². The minimum absolute atomic E-state index is 0.0691. The van der Waals surface area contributed by atoms with Gasteiger partial charge in [-0.2, -0.15) is 0 Å². The Labute approximate surface area is 258 Å². The summed E-state index contributed by atoms with van der Waals surface area (Å²) in [6, 6.07) is 13.9. The molecule has 0 aliphatic carbocycles. The van der Waals surface area contributed by atoms with Gasteiger partial charge in [0.15, 0.2) is 5.78 Å². The fourth-order valence-electron chi connectivity index (χ4n) is 5.39. The minimum Gasteiger partial charge on any atom is -0.476 e. The number of sulfonamides is 1. The number of likely N-dealkylation sites (tertiary alicyclic amines) is 1. The molecule has 1 aliphatic heterocycles. The third-order valence-electron chi connectivity index (χ3n) is 7.29. The van der Waals surface area contributed by atoms with Crippen LogP contribution in [0.5, 0.6) is 5.75 Å². The number of unbranched alkanes of at least 4 members (excludes halogenated alkanes) is 1. The van der Waals surface area contributed by atoms with Crippen molar-refractivity contribution in [3.63, 3.8) is 0 Å². The number of hydrogen-bond donors (Lipinski definition) is 2. The lowest BCUT2D eigenvalue weighted by Crippen LogP contribution is -2.47. The summed E-state index contributed by atoms with van der Waals surface area (Å²) in [7, 11) is -3.73. The van der Waals surface area contributed by atoms with Gasteiger partial charge in [0, 0.05) is 41.2 Å². The van der Waals surface area contributed by atoms with Crippen LogP contribution in [0.3, 0.4) is 0 Å². The van der Waals surface area contributed by atoms with E-state index >= 15 is 0 Å². The van der Waals surface area contributed by atoms with Gasteiger partial charge in [-0.3, -0.25) is 14.4 Å². The number of aromatic nitrogens is 1. The monoisotopic (exact) mass is 628 g/mol. The maximum atomic E-state index is 14.5. The smallest absolute Gasteiger partial charge is 0.247 e. The maximum absolute atomic E-state index is 14.5. The summed E-state index contributed by atoms with van der Waals surface area (Å²) in [4.78, 5) is 40.1. The highest BCUT2D eigenvalue weighted by Crippen LogP contribution is 2.28. The van der Waals surface area contributed by atoms with Gasteiger partial charge in [-0.05, 0) is 70.7 Å². The van der Waals surface area contributed by atoms with Crippen molar-refractivity contribution in [3.8, 4) is 5.75 Å². The molecule has 10 nitrogen and oxygen atoms in total. The first-order valence-electron chi connectivity index (χ1n) is 14.8. The van der Waals surface area contributed by atoms with Gasteiger partial charge in [-0.1, -0.05) is 30.3 Å². The van der Waals surface area contributed by atoms with Gasteiger partial charge >= 0.3 is 0 Å². The Hall–Kier alpha value is -3.77. The van der Waals surface area contributed by atoms with E-state index in [1.165, 1.54) is 23.6 Å². The molecule has 4 rings (SSSR count). The van der Waals surface area contributed by atoms with E-state index in [-0.39, 0.29) is 37.0 Å². The standard InChI is InChI=1S/C32H41FN4O6S/c1-22(38)27-19-36(28-14-13-25(17-26(27)28)43-21-44(41,42)35-32(2,3)4)20-30(39)37-18-24(33)16-29(37)31(40)34-15-9-8-12-23-10-6-5-7-11-23/h5-7,10-11,13-14,17,19,24,29,35H,8-9,12,15-16,18,20-21H2,1-4H3,(H,34,40)/t24-,29+/m1/s1. The molecule has 2 amide bonds. The predicted octanol–water partition coefficient (Wildman–Crippen LogP) is 3.98. The number of alkyl halides is 1. The van der Waals surface area contributed by atoms with Crippen molar-refractivity contribution in [1.82, 2.24) is 19.5 Å². The number of halogens is 1. The fraction of sp³-hybridized carbons (Fsp3) is 0.469. The number of hydrogen-bond acceptors (Lipinski definition) is 6. The van der Waals surface area contributed by atoms with Crippen LogP contribution >= 0.6 is 0 Å². The highest BCUT2D eigenvalue weighted by Gasteiger charge is 2.39. The number of carbonyl (C=O) groups is 3. The Morgan fingerprint density at radius 2 is 1.80 bits per heavy atom. The molecule has 0 unspecified atom stereocenters. The van der Waals surface area contributed by atoms with Crippen molar-refractivity contribution in [1.29, 1.82) is 0 Å². The summed E-state index contributed by atoms with van der Waals surface area (Å²) < 4.78 is 48.8. The number of Topliss-reactive ketones (excluding diaryl/α,β-unsaturated/α-hetero) is 1. The average molecular weight is 629 g/mol. The lowest BCUT2D eigenvalue weighted by molar-refractivity contribution is -0.138. The molecule has 3 aromatic rings. The molecule has 1 aromatic heterocycles. The third-order valence-corrected chi connectivity index (χ3v) is 8.64. The highest BCUT2D eigenvalue weighted by molar-refractivity contribution is 7.89. The Balaban J connectivity index is 1.41. The Morgan fingerprint density at radius 3 is 2.48 bits per heavy atom. The largest absolute Gasteiger partial charge is 0.476 e. The zero-order valence-electron chi connectivity index (χ0n) is 25.6. The van der Waals surface area contributed by atoms with Crippen LogP contribution in [-0.4, -0.2) is 72.3 Å². The van der Waals surface area contributed by atoms with Crippen LogP contribution in [-0.2, 0) is 32.6 Å². The van der Waals surface area contributed by atoms with Gasteiger partial charge < -0.3 is 19.5 Å². The number of rotatable bonds is 13. The quantitative estimate of drug-likeness (QED) is 0.218. The van der Waals surface area contributed by atoms with Crippen LogP contribution < -0.4 is 14.8 Å². The molecule has 1 aliphatic rings. The highest BCUT2D eigenvalue weighted by atomic mass is 32.2. The number of aryl methyl sites for hydroxylation is 1. The topological polar surface area (TPSA) is 127 Å². The molecule has 0 bridgehead atoms. The van der Waals surface area contributed by atoms with Gasteiger partial charge in [-0.15, -0.1) is 0 Å². The summed E-state index contributed by atoms with van der Waals surface area (Å²) in [5.41, 5.74) is 1.42. The van der Waals surface area contributed by atoms with Gasteiger partial charge in [0.05, 0.1) is 6.54 Å². The normalized spacial score (nSPS) is 17.2. The first-order chi connectivity index (χ1) is 20.7. The van der Waals surface area contributed by atoms with Crippen molar-refractivity contribution < 1.29 is 31.9 Å². The van der Waals surface area contributed by atoms with Crippen molar-refractivity contribution in [2.75, 3.05) is 19.0 Å². The number of benzene rings is 2. The second-order valence-corrected chi connectivity index (χ2v) is 13.9. The van der Waals surface area contributed by atoms with E-state index in [0.717, 1.165) is 19.3 Å². The van der Waals surface area contributed by atoms with Crippen LogP contribution in [0.25, 0.3) is 10.9 Å². The van der Waals surface area contributed by atoms with E-state index in [9.17, 15) is 27.2 Å².